The predicted octanol–water partition coefficient (Wildman–Crippen LogP) is 8.54. The van der Waals surface area contributed by atoms with Crippen LogP contribution in [0.4, 0.5) is 13.2 Å². The fourth-order valence-corrected chi connectivity index (χ4v) is 6.19. The van der Waals surface area contributed by atoms with Gasteiger partial charge in [0.15, 0.2) is 0 Å². The molecule has 5 rings (SSSR count). The van der Waals surface area contributed by atoms with E-state index in [9.17, 15) is 13.2 Å². The second kappa shape index (κ2) is 9.27. The summed E-state index contributed by atoms with van der Waals surface area (Å²) in [4.78, 5) is 0. The van der Waals surface area contributed by atoms with Gasteiger partial charge in [0.05, 0.1) is 16.8 Å². The van der Waals surface area contributed by atoms with Gasteiger partial charge in [0.1, 0.15) is 0 Å². The Morgan fingerprint density at radius 3 is 1.71 bits per heavy atom. The number of rotatable bonds is 6. The standard InChI is InChI=1S/C32H36BF3O2/c1-7-17-31(18-8-2)27-19-22(21-9-12-23(13-10-21)32(34,35)36)11-15-25(27)26-16-14-24(20-28(26)31)33-37-29(3,4)30(5,6)38-33/h9-16,19-20H,7-8,17-18H2,1-6H3. The molecule has 0 amide bonds. The van der Waals surface area contributed by atoms with Crippen LogP contribution in [0, 0.1) is 0 Å². The predicted molar refractivity (Wildman–Crippen MR) is 149 cm³/mol. The van der Waals surface area contributed by atoms with Crippen LogP contribution >= 0.6 is 0 Å². The Morgan fingerprint density at radius 2 is 1.18 bits per heavy atom. The summed E-state index contributed by atoms with van der Waals surface area (Å²) in [5.41, 5.74) is 6.11. The molecule has 6 heteroatoms. The smallest absolute Gasteiger partial charge is 0.399 e. The minimum atomic E-state index is -4.34. The first-order valence-corrected chi connectivity index (χ1v) is 13.7. The zero-order chi connectivity index (χ0) is 27.5. The lowest BCUT2D eigenvalue weighted by Crippen LogP contribution is -2.41. The van der Waals surface area contributed by atoms with Gasteiger partial charge in [-0.15, -0.1) is 0 Å². The van der Waals surface area contributed by atoms with Gasteiger partial charge in [-0.1, -0.05) is 69.2 Å². The maximum atomic E-state index is 13.1. The van der Waals surface area contributed by atoms with Crippen molar-refractivity contribution >= 4 is 12.6 Å². The van der Waals surface area contributed by atoms with Crippen LogP contribution in [0.25, 0.3) is 22.3 Å². The molecule has 0 aromatic heterocycles. The third-order valence-electron chi connectivity index (χ3n) is 8.81. The van der Waals surface area contributed by atoms with Crippen LogP contribution in [-0.4, -0.2) is 18.3 Å². The van der Waals surface area contributed by atoms with Gasteiger partial charge >= 0.3 is 13.3 Å². The number of benzene rings is 3. The molecule has 1 saturated heterocycles. The Kier molecular flexibility index (Phi) is 6.59. The van der Waals surface area contributed by atoms with E-state index in [0.29, 0.717) is 0 Å². The van der Waals surface area contributed by atoms with Crippen molar-refractivity contribution in [1.82, 2.24) is 0 Å². The first-order valence-electron chi connectivity index (χ1n) is 13.7. The largest absolute Gasteiger partial charge is 0.494 e. The summed E-state index contributed by atoms with van der Waals surface area (Å²) in [6.07, 6.45) is -0.327. The van der Waals surface area contributed by atoms with Crippen LogP contribution in [0.2, 0.25) is 0 Å². The molecule has 0 unspecified atom stereocenters. The molecule has 1 heterocycles. The fraction of sp³-hybridized carbons (Fsp3) is 0.438. The molecule has 0 bridgehead atoms. The number of alkyl halides is 3. The van der Waals surface area contributed by atoms with Crippen LogP contribution in [0.5, 0.6) is 0 Å². The van der Waals surface area contributed by atoms with E-state index < -0.39 is 30.1 Å². The lowest BCUT2D eigenvalue weighted by Gasteiger charge is -2.32. The average Bonchev–Trinajstić information content (AvgIpc) is 3.25. The summed E-state index contributed by atoms with van der Waals surface area (Å²) in [6, 6.07) is 18.4. The van der Waals surface area contributed by atoms with Gasteiger partial charge in [0, 0.05) is 5.41 Å². The maximum absolute atomic E-state index is 13.1. The van der Waals surface area contributed by atoms with E-state index in [2.05, 4.69) is 71.9 Å². The molecule has 0 atom stereocenters. The first kappa shape index (κ1) is 27.0. The van der Waals surface area contributed by atoms with Gasteiger partial charge in [-0.05, 0) is 97.6 Å². The Hall–Kier alpha value is -2.57. The zero-order valence-electron chi connectivity index (χ0n) is 23.1. The van der Waals surface area contributed by atoms with Crippen molar-refractivity contribution in [3.63, 3.8) is 0 Å². The van der Waals surface area contributed by atoms with Crippen molar-refractivity contribution in [2.24, 2.45) is 0 Å². The van der Waals surface area contributed by atoms with E-state index in [1.807, 2.05) is 6.07 Å². The highest BCUT2D eigenvalue weighted by Gasteiger charge is 2.52. The molecule has 0 radical (unpaired) electrons. The fourth-order valence-electron chi connectivity index (χ4n) is 6.19. The van der Waals surface area contributed by atoms with Crippen LogP contribution in [0.3, 0.4) is 0 Å². The molecule has 0 N–H and O–H groups in total. The highest BCUT2D eigenvalue weighted by molar-refractivity contribution is 6.62. The van der Waals surface area contributed by atoms with Gasteiger partial charge in [-0.25, -0.2) is 0 Å². The number of halogens is 3. The highest BCUT2D eigenvalue weighted by Crippen LogP contribution is 2.54. The molecule has 3 aromatic rings. The van der Waals surface area contributed by atoms with E-state index in [0.717, 1.165) is 42.3 Å². The average molecular weight is 520 g/mol. The van der Waals surface area contributed by atoms with E-state index in [1.165, 1.54) is 34.4 Å². The lowest BCUT2D eigenvalue weighted by molar-refractivity contribution is -0.137. The highest BCUT2D eigenvalue weighted by atomic mass is 19.4. The number of fused-ring (bicyclic) bond motifs is 3. The van der Waals surface area contributed by atoms with Crippen molar-refractivity contribution < 1.29 is 22.5 Å². The van der Waals surface area contributed by atoms with Crippen molar-refractivity contribution in [3.8, 4) is 22.3 Å². The Morgan fingerprint density at radius 1 is 0.684 bits per heavy atom. The minimum Gasteiger partial charge on any atom is -0.399 e. The topological polar surface area (TPSA) is 18.5 Å². The van der Waals surface area contributed by atoms with Gasteiger partial charge in [-0.3, -0.25) is 0 Å². The number of hydrogen-bond donors (Lipinski definition) is 0. The van der Waals surface area contributed by atoms with Crippen molar-refractivity contribution in [2.75, 3.05) is 0 Å². The summed E-state index contributed by atoms with van der Waals surface area (Å²) < 4.78 is 52.2. The van der Waals surface area contributed by atoms with Gasteiger partial charge in [0.25, 0.3) is 0 Å². The third kappa shape index (κ3) is 4.30. The van der Waals surface area contributed by atoms with Crippen molar-refractivity contribution in [1.29, 1.82) is 0 Å². The summed E-state index contributed by atoms with van der Waals surface area (Å²) >= 11 is 0. The molecule has 0 saturated carbocycles. The first-order chi connectivity index (χ1) is 17.8. The van der Waals surface area contributed by atoms with Crippen molar-refractivity contribution in [2.45, 2.75) is 90.0 Å². The molecular formula is C32H36BF3O2. The second-order valence-electron chi connectivity index (χ2n) is 11.8. The summed E-state index contributed by atoms with van der Waals surface area (Å²) in [7, 11) is -0.433. The minimum absolute atomic E-state index is 0.171. The molecule has 38 heavy (non-hydrogen) atoms. The maximum Gasteiger partial charge on any atom is 0.494 e. The van der Waals surface area contributed by atoms with E-state index in [1.54, 1.807) is 12.1 Å². The van der Waals surface area contributed by atoms with Crippen LogP contribution in [0.15, 0.2) is 60.7 Å². The van der Waals surface area contributed by atoms with Crippen molar-refractivity contribution in [3.05, 3.63) is 77.4 Å². The summed E-state index contributed by atoms with van der Waals surface area (Å²) in [5, 5.41) is 0. The number of hydrogen-bond acceptors (Lipinski definition) is 2. The monoisotopic (exact) mass is 520 g/mol. The molecule has 2 aliphatic rings. The molecular weight excluding hydrogens is 484 g/mol. The molecule has 200 valence electrons. The summed E-state index contributed by atoms with van der Waals surface area (Å²) in [5.74, 6) is 0. The second-order valence-corrected chi connectivity index (χ2v) is 11.8. The SMILES string of the molecule is CCCC1(CCC)c2cc(B3OC(C)(C)C(C)(C)O3)ccc2-c2ccc(-c3ccc(C(F)(F)F)cc3)cc21. The van der Waals surface area contributed by atoms with E-state index in [4.69, 9.17) is 9.31 Å². The molecule has 2 nitrogen and oxygen atoms in total. The summed E-state index contributed by atoms with van der Waals surface area (Å²) in [6.45, 7) is 12.7. The molecule has 1 aliphatic heterocycles. The van der Waals surface area contributed by atoms with E-state index >= 15 is 0 Å². The zero-order valence-corrected chi connectivity index (χ0v) is 23.1. The van der Waals surface area contributed by atoms with Crippen LogP contribution in [-0.2, 0) is 20.9 Å². The normalized spacial score (nSPS) is 18.9. The molecule has 1 aliphatic carbocycles. The third-order valence-corrected chi connectivity index (χ3v) is 8.81. The van der Waals surface area contributed by atoms with Crippen LogP contribution < -0.4 is 5.46 Å². The molecule has 3 aromatic carbocycles. The van der Waals surface area contributed by atoms with Gasteiger partial charge in [-0.2, -0.15) is 13.2 Å². The molecule has 0 spiro atoms. The quantitative estimate of drug-likeness (QED) is 0.303. The van der Waals surface area contributed by atoms with Gasteiger partial charge < -0.3 is 9.31 Å². The molecule has 1 fully saturated rings. The van der Waals surface area contributed by atoms with Crippen LogP contribution in [0.1, 0.15) is 83.9 Å². The lowest BCUT2D eigenvalue weighted by atomic mass is 9.69. The van der Waals surface area contributed by atoms with Gasteiger partial charge in [0.2, 0.25) is 0 Å². The Bertz CT molecular complexity index is 1320. The van der Waals surface area contributed by atoms with E-state index in [-0.39, 0.29) is 5.41 Å². The Balaban J connectivity index is 1.60. The Labute approximate surface area is 224 Å².